The summed E-state index contributed by atoms with van der Waals surface area (Å²) in [5, 5.41) is 0. The third-order valence-electron chi connectivity index (χ3n) is 8.28. The average molecular weight is 728 g/mol. The van der Waals surface area contributed by atoms with Gasteiger partial charge in [-0.15, -0.1) is 0 Å². The number of phosphoric acid groups is 1. The van der Waals surface area contributed by atoms with E-state index in [1.54, 1.807) is 0 Å². The van der Waals surface area contributed by atoms with E-state index >= 15 is 0 Å². The van der Waals surface area contributed by atoms with Gasteiger partial charge in [0.25, 0.3) is 0 Å². The van der Waals surface area contributed by atoms with Crippen molar-refractivity contribution in [1.29, 1.82) is 0 Å². The van der Waals surface area contributed by atoms with Crippen LogP contribution in [0.5, 0.6) is 0 Å². The molecule has 0 radical (unpaired) electrons. The van der Waals surface area contributed by atoms with Crippen LogP contribution < -0.4 is 5.73 Å². The number of hydrogen-bond donors (Lipinski definition) is 2. The number of hydrogen-bond acceptors (Lipinski definition) is 8. The summed E-state index contributed by atoms with van der Waals surface area (Å²) in [4.78, 5) is 34.7. The normalized spacial score (nSPS) is 13.8. The van der Waals surface area contributed by atoms with Gasteiger partial charge in [0.15, 0.2) is 6.10 Å². The van der Waals surface area contributed by atoms with Gasteiger partial charge in [-0.05, 0) is 51.4 Å². The summed E-state index contributed by atoms with van der Waals surface area (Å²) in [7, 11) is -4.38. The van der Waals surface area contributed by atoms with Crippen LogP contribution in [0.15, 0.2) is 36.5 Å². The predicted molar refractivity (Wildman–Crippen MR) is 206 cm³/mol. The first-order valence-electron chi connectivity index (χ1n) is 20.0. The van der Waals surface area contributed by atoms with Crippen molar-refractivity contribution in [2.75, 3.05) is 26.4 Å². The van der Waals surface area contributed by atoms with Crippen molar-refractivity contribution in [3.63, 3.8) is 0 Å². The lowest BCUT2D eigenvalue weighted by Crippen LogP contribution is -2.29. The molecule has 3 N–H and O–H groups in total. The first kappa shape index (κ1) is 48.2. The van der Waals surface area contributed by atoms with E-state index < -0.39 is 32.5 Å². The number of ether oxygens (including phenoxy) is 2. The van der Waals surface area contributed by atoms with Crippen LogP contribution in [0.4, 0.5) is 0 Å². The van der Waals surface area contributed by atoms with E-state index in [0.717, 1.165) is 51.4 Å². The Bertz CT molecular complexity index is 923. The van der Waals surface area contributed by atoms with Crippen molar-refractivity contribution in [2.24, 2.45) is 5.73 Å². The molecule has 0 aliphatic rings. The maximum atomic E-state index is 12.5. The van der Waals surface area contributed by atoms with Gasteiger partial charge in [0, 0.05) is 19.4 Å². The quantitative estimate of drug-likeness (QED) is 0.0277. The lowest BCUT2D eigenvalue weighted by Gasteiger charge is -2.19. The fourth-order valence-electron chi connectivity index (χ4n) is 5.29. The molecule has 1 unspecified atom stereocenters. The fourth-order valence-corrected chi connectivity index (χ4v) is 6.05. The van der Waals surface area contributed by atoms with E-state index in [4.69, 9.17) is 24.3 Å². The Morgan fingerprint density at radius 3 is 1.58 bits per heavy atom. The van der Waals surface area contributed by atoms with E-state index in [1.165, 1.54) is 89.9 Å². The fraction of sp³-hybridized carbons (Fsp3) is 0.800. The van der Waals surface area contributed by atoms with Gasteiger partial charge >= 0.3 is 19.8 Å². The monoisotopic (exact) mass is 728 g/mol. The van der Waals surface area contributed by atoms with Crippen molar-refractivity contribution < 1.29 is 37.6 Å². The van der Waals surface area contributed by atoms with Gasteiger partial charge in [0.2, 0.25) is 0 Å². The number of carbonyl (C=O) groups is 2. The molecule has 0 saturated carbocycles. The van der Waals surface area contributed by atoms with E-state index in [1.807, 2.05) is 0 Å². The largest absolute Gasteiger partial charge is 0.472 e. The molecule has 0 fully saturated rings. The Morgan fingerprint density at radius 2 is 1.04 bits per heavy atom. The molecule has 0 aromatic carbocycles. The molecule has 0 aromatic rings. The Labute approximate surface area is 305 Å². The highest BCUT2D eigenvalue weighted by Gasteiger charge is 2.25. The third-order valence-corrected chi connectivity index (χ3v) is 9.26. The molecule has 0 spiro atoms. The van der Waals surface area contributed by atoms with Crippen LogP contribution >= 0.6 is 7.82 Å². The molecule has 0 aliphatic heterocycles. The van der Waals surface area contributed by atoms with Crippen LogP contribution in [0, 0.1) is 0 Å². The maximum Gasteiger partial charge on any atom is 0.472 e. The van der Waals surface area contributed by atoms with Crippen molar-refractivity contribution in [2.45, 2.75) is 180 Å². The topological polar surface area (TPSA) is 134 Å². The molecule has 10 heteroatoms. The van der Waals surface area contributed by atoms with Gasteiger partial charge in [-0.25, -0.2) is 4.57 Å². The first-order chi connectivity index (χ1) is 24.3. The number of unbranched alkanes of at least 4 members (excludes halogenated alkanes) is 18. The Hall–Kier alpha value is -1.77. The van der Waals surface area contributed by atoms with Gasteiger partial charge in [0.1, 0.15) is 6.61 Å². The Morgan fingerprint density at radius 1 is 0.600 bits per heavy atom. The highest BCUT2D eigenvalue weighted by atomic mass is 31.2. The molecular weight excluding hydrogens is 653 g/mol. The number of phosphoric ester groups is 1. The summed E-state index contributed by atoms with van der Waals surface area (Å²) < 4.78 is 32.6. The Balaban J connectivity index is 4.26. The zero-order chi connectivity index (χ0) is 36.8. The third kappa shape index (κ3) is 36.0. The lowest BCUT2D eigenvalue weighted by molar-refractivity contribution is -0.161. The molecule has 0 heterocycles. The number of rotatable bonds is 37. The van der Waals surface area contributed by atoms with E-state index in [0.29, 0.717) is 6.42 Å². The molecule has 0 bridgehead atoms. The molecule has 0 aromatic heterocycles. The minimum atomic E-state index is -4.38. The highest BCUT2D eigenvalue weighted by Crippen LogP contribution is 2.43. The second kappa shape index (κ2) is 37.0. The maximum absolute atomic E-state index is 12.5. The Kier molecular flexibility index (Phi) is 35.7. The SMILES string of the molecule is CCCCC/C=C/C/C=C/C/C=C/CCCCC(=O)O[C@H](COC(=O)CCCCCCCCCCCCCCCC)COP(=O)(O)OCCN. The van der Waals surface area contributed by atoms with Crippen molar-refractivity contribution in [3.05, 3.63) is 36.5 Å². The molecule has 0 rings (SSSR count). The minimum Gasteiger partial charge on any atom is -0.462 e. The van der Waals surface area contributed by atoms with Gasteiger partial charge in [-0.3, -0.25) is 18.6 Å². The summed E-state index contributed by atoms with van der Waals surface area (Å²) in [6, 6.07) is 0. The van der Waals surface area contributed by atoms with Crippen LogP contribution in [-0.2, 0) is 32.7 Å². The number of carbonyl (C=O) groups excluding carboxylic acids is 2. The molecule has 2 atom stereocenters. The van der Waals surface area contributed by atoms with Crippen LogP contribution in [-0.4, -0.2) is 49.3 Å². The highest BCUT2D eigenvalue weighted by molar-refractivity contribution is 7.47. The van der Waals surface area contributed by atoms with Crippen molar-refractivity contribution >= 4 is 19.8 Å². The van der Waals surface area contributed by atoms with Crippen LogP contribution in [0.2, 0.25) is 0 Å². The molecule has 0 saturated heterocycles. The van der Waals surface area contributed by atoms with E-state index in [-0.39, 0.29) is 32.6 Å². The minimum absolute atomic E-state index is 0.0476. The molecule has 0 amide bonds. The number of allylic oxidation sites excluding steroid dienone is 6. The lowest BCUT2D eigenvalue weighted by atomic mass is 10.0. The number of esters is 2. The average Bonchev–Trinajstić information content (AvgIpc) is 3.10. The molecule has 292 valence electrons. The summed E-state index contributed by atoms with van der Waals surface area (Å²) in [6.07, 6.45) is 38.9. The second-order valence-corrected chi connectivity index (χ2v) is 14.6. The van der Waals surface area contributed by atoms with Crippen LogP contribution in [0.25, 0.3) is 0 Å². The summed E-state index contributed by atoms with van der Waals surface area (Å²) in [5.74, 6) is -0.871. The zero-order valence-corrected chi connectivity index (χ0v) is 32.8. The molecule has 50 heavy (non-hydrogen) atoms. The van der Waals surface area contributed by atoms with Gasteiger partial charge < -0.3 is 20.1 Å². The van der Waals surface area contributed by atoms with E-state index in [2.05, 4.69) is 50.3 Å². The zero-order valence-electron chi connectivity index (χ0n) is 31.9. The van der Waals surface area contributed by atoms with E-state index in [9.17, 15) is 19.0 Å². The summed E-state index contributed by atoms with van der Waals surface area (Å²) in [6.45, 7) is 3.65. The van der Waals surface area contributed by atoms with Gasteiger partial charge in [-0.2, -0.15) is 0 Å². The molecule has 0 aliphatic carbocycles. The molecular formula is C40H74NO8P. The summed E-state index contributed by atoms with van der Waals surface area (Å²) >= 11 is 0. The van der Waals surface area contributed by atoms with Crippen molar-refractivity contribution in [3.8, 4) is 0 Å². The van der Waals surface area contributed by atoms with Crippen molar-refractivity contribution in [1.82, 2.24) is 0 Å². The first-order valence-corrected chi connectivity index (χ1v) is 21.5. The summed E-state index contributed by atoms with van der Waals surface area (Å²) in [5.41, 5.74) is 5.33. The van der Waals surface area contributed by atoms with Crippen LogP contribution in [0.1, 0.15) is 174 Å². The standard InChI is InChI=1S/C40H74NO8P/c1-3-5-7-9-11-13-15-17-19-21-23-25-27-29-31-33-40(43)49-38(37-48-50(44,45)47-35-34-41)36-46-39(42)32-30-28-26-24-22-20-18-16-14-12-10-8-6-4-2/h11,13,17,19,23,25,38H,3-10,12,14-16,18,20-22,24,26-37,41H2,1-2H3,(H,44,45)/b13-11+,19-17+,25-23+/t38-/m1/s1. The number of nitrogens with two attached hydrogens (primary N) is 1. The second-order valence-electron chi connectivity index (χ2n) is 13.2. The van der Waals surface area contributed by atoms with Gasteiger partial charge in [-0.1, -0.05) is 147 Å². The molecule has 9 nitrogen and oxygen atoms in total. The smallest absolute Gasteiger partial charge is 0.462 e. The van der Waals surface area contributed by atoms with Crippen LogP contribution in [0.3, 0.4) is 0 Å². The predicted octanol–water partition coefficient (Wildman–Crippen LogP) is 11.0. The van der Waals surface area contributed by atoms with Gasteiger partial charge in [0.05, 0.1) is 13.2 Å².